The topological polar surface area (TPSA) is 70.6 Å². The quantitative estimate of drug-likeness (QED) is 0.632. The molecule has 0 aliphatic heterocycles. The molecule has 0 spiro atoms. The summed E-state index contributed by atoms with van der Waals surface area (Å²) >= 11 is 1.45. The number of nitrogens with zero attached hydrogens (tertiary/aromatic N) is 4. The molecule has 2 aromatic heterocycles. The second kappa shape index (κ2) is 7.62. The molecule has 3 rings (SSSR count). The maximum absolute atomic E-state index is 12.4. The SMILES string of the molecule is CCOCCn1c(=NC(=O)c2ccn(C)n2)sc2cc(OC)ccc21. The van der Waals surface area contributed by atoms with Gasteiger partial charge < -0.3 is 14.0 Å². The fourth-order valence-electron chi connectivity index (χ4n) is 2.46. The lowest BCUT2D eigenvalue weighted by atomic mass is 10.3. The van der Waals surface area contributed by atoms with Gasteiger partial charge in [0.05, 0.1) is 23.9 Å². The fraction of sp³-hybridized carbons (Fsp3) is 0.353. The summed E-state index contributed by atoms with van der Waals surface area (Å²) in [6, 6.07) is 7.48. The Hall–Kier alpha value is -2.45. The maximum atomic E-state index is 12.4. The molecule has 132 valence electrons. The van der Waals surface area contributed by atoms with Crippen molar-refractivity contribution in [2.24, 2.45) is 12.0 Å². The number of benzene rings is 1. The van der Waals surface area contributed by atoms with Crippen molar-refractivity contribution < 1.29 is 14.3 Å². The summed E-state index contributed by atoms with van der Waals surface area (Å²) in [5, 5.41) is 4.12. The first-order chi connectivity index (χ1) is 12.1. The summed E-state index contributed by atoms with van der Waals surface area (Å²) in [4.78, 5) is 17.3. The van der Waals surface area contributed by atoms with Gasteiger partial charge in [0.1, 0.15) is 5.75 Å². The van der Waals surface area contributed by atoms with Crippen LogP contribution in [0.4, 0.5) is 0 Å². The second-order valence-electron chi connectivity index (χ2n) is 5.36. The molecule has 0 N–H and O–H groups in total. The van der Waals surface area contributed by atoms with E-state index in [1.807, 2.05) is 29.7 Å². The Kier molecular flexibility index (Phi) is 5.30. The van der Waals surface area contributed by atoms with Crippen molar-refractivity contribution in [3.8, 4) is 5.75 Å². The predicted molar refractivity (Wildman–Crippen MR) is 96.0 cm³/mol. The van der Waals surface area contributed by atoms with Gasteiger partial charge in [-0.15, -0.1) is 0 Å². The van der Waals surface area contributed by atoms with Crippen LogP contribution in [-0.4, -0.2) is 40.6 Å². The van der Waals surface area contributed by atoms with Crippen LogP contribution in [0.1, 0.15) is 17.4 Å². The zero-order valence-corrected chi connectivity index (χ0v) is 15.2. The number of hydrogen-bond acceptors (Lipinski definition) is 5. The molecule has 3 aromatic rings. The monoisotopic (exact) mass is 360 g/mol. The van der Waals surface area contributed by atoms with Crippen molar-refractivity contribution in [2.45, 2.75) is 13.5 Å². The van der Waals surface area contributed by atoms with E-state index in [1.54, 1.807) is 31.1 Å². The molecule has 25 heavy (non-hydrogen) atoms. The van der Waals surface area contributed by atoms with Gasteiger partial charge in [-0.05, 0) is 31.2 Å². The Morgan fingerprint density at radius 2 is 2.20 bits per heavy atom. The smallest absolute Gasteiger partial charge is 0.300 e. The van der Waals surface area contributed by atoms with Crippen LogP contribution < -0.4 is 9.54 Å². The molecule has 2 heterocycles. The summed E-state index contributed by atoms with van der Waals surface area (Å²) in [6.45, 7) is 3.78. The lowest BCUT2D eigenvalue weighted by molar-refractivity contribution is 0.0991. The highest BCUT2D eigenvalue weighted by atomic mass is 32.1. The van der Waals surface area contributed by atoms with Crippen molar-refractivity contribution in [2.75, 3.05) is 20.3 Å². The van der Waals surface area contributed by atoms with Crippen LogP contribution in [0, 0.1) is 0 Å². The first kappa shape index (κ1) is 17.4. The Morgan fingerprint density at radius 1 is 1.36 bits per heavy atom. The number of thiazole rings is 1. The highest BCUT2D eigenvalue weighted by Crippen LogP contribution is 2.23. The Morgan fingerprint density at radius 3 is 2.88 bits per heavy atom. The summed E-state index contributed by atoms with van der Waals surface area (Å²) < 4.78 is 15.3. The van der Waals surface area contributed by atoms with E-state index in [1.165, 1.54) is 11.3 Å². The largest absolute Gasteiger partial charge is 0.497 e. The molecular formula is C17H20N4O3S. The first-order valence-electron chi connectivity index (χ1n) is 7.96. The zero-order valence-electron chi connectivity index (χ0n) is 14.4. The van der Waals surface area contributed by atoms with Crippen LogP contribution >= 0.6 is 11.3 Å². The molecule has 0 aliphatic rings. The third-order valence-corrected chi connectivity index (χ3v) is 4.72. The van der Waals surface area contributed by atoms with E-state index in [0.717, 1.165) is 16.0 Å². The van der Waals surface area contributed by atoms with Crippen LogP contribution in [0.25, 0.3) is 10.2 Å². The molecule has 0 atom stereocenters. The normalized spacial score (nSPS) is 12.0. The number of amides is 1. The van der Waals surface area contributed by atoms with E-state index >= 15 is 0 Å². The number of carbonyl (C=O) groups excluding carboxylic acids is 1. The van der Waals surface area contributed by atoms with Crippen molar-refractivity contribution >= 4 is 27.5 Å². The molecule has 0 saturated heterocycles. The van der Waals surface area contributed by atoms with E-state index in [0.29, 0.717) is 30.3 Å². The summed E-state index contributed by atoms with van der Waals surface area (Å²) in [5.74, 6) is 0.414. The van der Waals surface area contributed by atoms with E-state index in [2.05, 4.69) is 10.1 Å². The van der Waals surface area contributed by atoms with Crippen LogP contribution in [0.5, 0.6) is 5.75 Å². The number of aromatic nitrogens is 3. The molecule has 0 fully saturated rings. The van der Waals surface area contributed by atoms with Gasteiger partial charge >= 0.3 is 0 Å². The lowest BCUT2D eigenvalue weighted by Gasteiger charge is -2.06. The average Bonchev–Trinajstić information content (AvgIpc) is 3.18. The Bertz CT molecular complexity index is 954. The highest BCUT2D eigenvalue weighted by molar-refractivity contribution is 7.16. The van der Waals surface area contributed by atoms with Gasteiger partial charge in [-0.25, -0.2) is 0 Å². The molecule has 0 saturated carbocycles. The van der Waals surface area contributed by atoms with Crippen LogP contribution in [-0.2, 0) is 18.3 Å². The molecule has 0 radical (unpaired) electrons. The third-order valence-electron chi connectivity index (χ3n) is 3.68. The molecule has 7 nitrogen and oxygen atoms in total. The third kappa shape index (κ3) is 3.80. The number of rotatable bonds is 6. The van der Waals surface area contributed by atoms with Crippen molar-refractivity contribution in [1.29, 1.82) is 0 Å². The predicted octanol–water partition coefficient (Wildman–Crippen LogP) is 2.22. The van der Waals surface area contributed by atoms with Crippen LogP contribution in [0.15, 0.2) is 35.5 Å². The fourth-order valence-corrected chi connectivity index (χ4v) is 3.54. The maximum Gasteiger partial charge on any atom is 0.300 e. The number of methoxy groups -OCH3 is 1. The van der Waals surface area contributed by atoms with Crippen molar-refractivity contribution in [3.63, 3.8) is 0 Å². The number of hydrogen-bond donors (Lipinski definition) is 0. The standard InChI is InChI=1S/C17H20N4O3S/c1-4-24-10-9-21-14-6-5-12(23-3)11-15(14)25-17(21)18-16(22)13-7-8-20(2)19-13/h5-8,11H,4,9-10H2,1-3H3. The van der Waals surface area contributed by atoms with Crippen molar-refractivity contribution in [1.82, 2.24) is 14.3 Å². The summed E-state index contributed by atoms with van der Waals surface area (Å²) in [7, 11) is 3.40. The minimum atomic E-state index is -0.357. The first-order valence-corrected chi connectivity index (χ1v) is 8.78. The zero-order chi connectivity index (χ0) is 17.8. The summed E-state index contributed by atoms with van der Waals surface area (Å²) in [6.07, 6.45) is 1.72. The van der Waals surface area contributed by atoms with E-state index in [-0.39, 0.29) is 5.91 Å². The number of fused-ring (bicyclic) bond motifs is 1. The van der Waals surface area contributed by atoms with Gasteiger partial charge in [0.25, 0.3) is 5.91 Å². The van der Waals surface area contributed by atoms with Crippen LogP contribution in [0.3, 0.4) is 0 Å². The Labute approximate surface area is 149 Å². The van der Waals surface area contributed by atoms with Gasteiger partial charge in [-0.1, -0.05) is 11.3 Å². The van der Waals surface area contributed by atoms with Crippen molar-refractivity contribution in [3.05, 3.63) is 41.0 Å². The Balaban J connectivity index is 2.06. The molecule has 0 bridgehead atoms. The number of aryl methyl sites for hydroxylation is 1. The second-order valence-corrected chi connectivity index (χ2v) is 6.37. The van der Waals surface area contributed by atoms with Gasteiger partial charge in [-0.2, -0.15) is 10.1 Å². The van der Waals surface area contributed by atoms with E-state index in [9.17, 15) is 4.79 Å². The van der Waals surface area contributed by atoms with Gasteiger partial charge in [0.15, 0.2) is 10.5 Å². The number of ether oxygens (including phenoxy) is 2. The molecule has 8 heteroatoms. The van der Waals surface area contributed by atoms with Gasteiger partial charge in [-0.3, -0.25) is 9.48 Å². The molecule has 0 unspecified atom stereocenters. The van der Waals surface area contributed by atoms with Crippen LogP contribution in [0.2, 0.25) is 0 Å². The van der Waals surface area contributed by atoms with E-state index in [4.69, 9.17) is 9.47 Å². The molecule has 0 aliphatic carbocycles. The van der Waals surface area contributed by atoms with Gasteiger partial charge in [0, 0.05) is 26.4 Å². The van der Waals surface area contributed by atoms with Gasteiger partial charge in [0.2, 0.25) is 0 Å². The number of carbonyl (C=O) groups is 1. The molecular weight excluding hydrogens is 340 g/mol. The molecule has 1 aromatic carbocycles. The summed E-state index contributed by atoms with van der Waals surface area (Å²) in [5.41, 5.74) is 1.33. The average molecular weight is 360 g/mol. The highest BCUT2D eigenvalue weighted by Gasteiger charge is 2.11. The lowest BCUT2D eigenvalue weighted by Crippen LogP contribution is -2.20. The molecule has 1 amide bonds. The minimum absolute atomic E-state index is 0.328. The van der Waals surface area contributed by atoms with E-state index < -0.39 is 0 Å². The minimum Gasteiger partial charge on any atom is -0.497 e.